The van der Waals surface area contributed by atoms with E-state index in [1.54, 1.807) is 12.1 Å². The first-order valence-corrected chi connectivity index (χ1v) is 4.07. The van der Waals surface area contributed by atoms with Gasteiger partial charge in [-0.3, -0.25) is 0 Å². The summed E-state index contributed by atoms with van der Waals surface area (Å²) in [6, 6.07) is 3.19. The molecule has 2 heterocycles. The SMILES string of the molecule is Nc1cc(-c2nc(C(=O)O)co2)ccn1. The summed E-state index contributed by atoms with van der Waals surface area (Å²) in [6.45, 7) is 0. The Hall–Kier alpha value is -2.37. The highest BCUT2D eigenvalue weighted by Gasteiger charge is 2.11. The maximum absolute atomic E-state index is 10.6. The Labute approximate surface area is 84.4 Å². The first kappa shape index (κ1) is 9.20. The molecule has 0 saturated heterocycles. The van der Waals surface area contributed by atoms with Crippen LogP contribution in [-0.4, -0.2) is 21.0 Å². The Morgan fingerprint density at radius 1 is 1.53 bits per heavy atom. The van der Waals surface area contributed by atoms with Gasteiger partial charge in [0, 0.05) is 11.8 Å². The summed E-state index contributed by atoms with van der Waals surface area (Å²) in [5, 5.41) is 8.64. The maximum Gasteiger partial charge on any atom is 0.357 e. The molecule has 0 atom stereocenters. The molecule has 0 saturated carbocycles. The summed E-state index contributed by atoms with van der Waals surface area (Å²) >= 11 is 0. The number of oxazole rings is 1. The van der Waals surface area contributed by atoms with Gasteiger partial charge in [-0.25, -0.2) is 14.8 Å². The Bertz CT molecular complexity index is 507. The van der Waals surface area contributed by atoms with Gasteiger partial charge in [0.15, 0.2) is 5.69 Å². The average molecular weight is 205 g/mol. The molecule has 0 aliphatic heterocycles. The Balaban J connectivity index is 2.41. The fourth-order valence-corrected chi connectivity index (χ4v) is 1.09. The maximum atomic E-state index is 10.6. The molecule has 0 bridgehead atoms. The highest BCUT2D eigenvalue weighted by atomic mass is 16.4. The molecule has 0 fully saturated rings. The monoisotopic (exact) mass is 205 g/mol. The summed E-state index contributed by atoms with van der Waals surface area (Å²) in [4.78, 5) is 18.1. The molecule has 2 rings (SSSR count). The van der Waals surface area contributed by atoms with Crippen molar-refractivity contribution in [3.8, 4) is 11.5 Å². The van der Waals surface area contributed by atoms with Gasteiger partial charge in [-0.15, -0.1) is 0 Å². The number of carbonyl (C=O) groups is 1. The quantitative estimate of drug-likeness (QED) is 0.758. The van der Waals surface area contributed by atoms with E-state index < -0.39 is 5.97 Å². The van der Waals surface area contributed by atoms with Crippen LogP contribution in [0.3, 0.4) is 0 Å². The number of hydrogen-bond acceptors (Lipinski definition) is 5. The standard InChI is InChI=1S/C9H7N3O3/c10-7-3-5(1-2-11-7)8-12-6(4-15-8)9(13)14/h1-4H,(H2,10,11)(H,13,14). The number of pyridine rings is 1. The number of hydrogen-bond donors (Lipinski definition) is 2. The molecular formula is C9H7N3O3. The normalized spacial score (nSPS) is 10.1. The van der Waals surface area contributed by atoms with E-state index in [9.17, 15) is 4.79 Å². The molecule has 2 aromatic heterocycles. The fraction of sp³-hybridized carbons (Fsp3) is 0. The Kier molecular flexibility index (Phi) is 2.09. The summed E-state index contributed by atoms with van der Waals surface area (Å²) in [7, 11) is 0. The van der Waals surface area contributed by atoms with Crippen molar-refractivity contribution in [3.05, 3.63) is 30.3 Å². The molecule has 3 N–H and O–H groups in total. The minimum absolute atomic E-state index is 0.139. The van der Waals surface area contributed by atoms with Gasteiger partial charge >= 0.3 is 5.97 Å². The summed E-state index contributed by atoms with van der Waals surface area (Å²) in [5.41, 5.74) is 5.92. The van der Waals surface area contributed by atoms with E-state index in [1.165, 1.54) is 6.20 Å². The number of carboxylic acid groups (broad SMARTS) is 1. The molecule has 0 spiro atoms. The lowest BCUT2D eigenvalue weighted by Gasteiger charge is -1.95. The topological polar surface area (TPSA) is 102 Å². The zero-order valence-electron chi connectivity index (χ0n) is 7.54. The van der Waals surface area contributed by atoms with Gasteiger partial charge in [0.2, 0.25) is 5.89 Å². The van der Waals surface area contributed by atoms with E-state index in [0.29, 0.717) is 11.4 Å². The van der Waals surface area contributed by atoms with Crippen LogP contribution in [0.4, 0.5) is 5.82 Å². The van der Waals surface area contributed by atoms with E-state index in [0.717, 1.165) is 6.26 Å². The van der Waals surface area contributed by atoms with Crippen molar-refractivity contribution < 1.29 is 14.3 Å². The predicted molar refractivity (Wildman–Crippen MR) is 51.1 cm³/mol. The number of rotatable bonds is 2. The Morgan fingerprint density at radius 2 is 2.33 bits per heavy atom. The van der Waals surface area contributed by atoms with Crippen molar-refractivity contribution in [1.82, 2.24) is 9.97 Å². The van der Waals surface area contributed by atoms with E-state index in [4.69, 9.17) is 15.3 Å². The van der Waals surface area contributed by atoms with Crippen LogP contribution in [-0.2, 0) is 0 Å². The molecule has 0 radical (unpaired) electrons. The summed E-state index contributed by atoms with van der Waals surface area (Å²) < 4.78 is 4.99. The van der Waals surface area contributed by atoms with Gasteiger partial charge in [-0.2, -0.15) is 0 Å². The zero-order valence-corrected chi connectivity index (χ0v) is 7.54. The highest BCUT2D eigenvalue weighted by molar-refractivity contribution is 5.85. The van der Waals surface area contributed by atoms with Crippen molar-refractivity contribution in [1.29, 1.82) is 0 Å². The molecule has 0 aliphatic carbocycles. The molecule has 0 aromatic carbocycles. The molecular weight excluding hydrogens is 198 g/mol. The van der Waals surface area contributed by atoms with Crippen LogP contribution in [0.1, 0.15) is 10.5 Å². The lowest BCUT2D eigenvalue weighted by atomic mass is 10.2. The molecule has 15 heavy (non-hydrogen) atoms. The van der Waals surface area contributed by atoms with Gasteiger partial charge in [0.25, 0.3) is 0 Å². The number of carboxylic acids is 1. The predicted octanol–water partition coefficient (Wildman–Crippen LogP) is 1.02. The molecule has 2 aromatic rings. The molecule has 0 aliphatic rings. The van der Waals surface area contributed by atoms with Crippen LogP contribution in [0.25, 0.3) is 11.5 Å². The number of aromatic carboxylic acids is 1. The van der Waals surface area contributed by atoms with Crippen LogP contribution in [0.5, 0.6) is 0 Å². The van der Waals surface area contributed by atoms with Gasteiger partial charge in [0.05, 0.1) is 0 Å². The van der Waals surface area contributed by atoms with Crippen LogP contribution in [0, 0.1) is 0 Å². The van der Waals surface area contributed by atoms with Crippen LogP contribution in [0.2, 0.25) is 0 Å². The third-order valence-electron chi connectivity index (χ3n) is 1.75. The number of aromatic nitrogens is 2. The highest BCUT2D eigenvalue weighted by Crippen LogP contribution is 2.19. The number of anilines is 1. The first-order chi connectivity index (χ1) is 7.16. The average Bonchev–Trinajstić information content (AvgIpc) is 2.66. The fourth-order valence-electron chi connectivity index (χ4n) is 1.09. The van der Waals surface area contributed by atoms with Crippen molar-refractivity contribution in [2.75, 3.05) is 5.73 Å². The third kappa shape index (κ3) is 1.78. The summed E-state index contributed by atoms with van der Waals surface area (Å²) in [6.07, 6.45) is 2.57. The number of nitrogens with two attached hydrogens (primary N) is 1. The Morgan fingerprint density at radius 3 is 2.93 bits per heavy atom. The molecule has 6 nitrogen and oxygen atoms in total. The third-order valence-corrected chi connectivity index (χ3v) is 1.75. The van der Waals surface area contributed by atoms with Crippen LogP contribution >= 0.6 is 0 Å². The van der Waals surface area contributed by atoms with Crippen LogP contribution < -0.4 is 5.73 Å². The van der Waals surface area contributed by atoms with Crippen molar-refractivity contribution in [2.24, 2.45) is 0 Å². The summed E-state index contributed by atoms with van der Waals surface area (Å²) in [5.74, 6) is -0.601. The van der Waals surface area contributed by atoms with Crippen molar-refractivity contribution in [2.45, 2.75) is 0 Å². The zero-order chi connectivity index (χ0) is 10.8. The lowest BCUT2D eigenvalue weighted by molar-refractivity contribution is 0.0690. The van der Waals surface area contributed by atoms with Gasteiger partial charge in [-0.1, -0.05) is 0 Å². The minimum atomic E-state index is -1.13. The van der Waals surface area contributed by atoms with Gasteiger partial charge < -0.3 is 15.3 Å². The second kappa shape index (κ2) is 3.41. The smallest absolute Gasteiger partial charge is 0.357 e. The van der Waals surface area contributed by atoms with Crippen molar-refractivity contribution >= 4 is 11.8 Å². The second-order valence-electron chi connectivity index (χ2n) is 2.81. The second-order valence-corrected chi connectivity index (χ2v) is 2.81. The van der Waals surface area contributed by atoms with Gasteiger partial charge in [-0.05, 0) is 12.1 Å². The number of nitrogen functional groups attached to an aromatic ring is 1. The van der Waals surface area contributed by atoms with Crippen LogP contribution in [0.15, 0.2) is 29.0 Å². The minimum Gasteiger partial charge on any atom is -0.476 e. The lowest BCUT2D eigenvalue weighted by Crippen LogP contribution is -1.95. The van der Waals surface area contributed by atoms with Gasteiger partial charge in [0.1, 0.15) is 12.1 Å². The van der Waals surface area contributed by atoms with E-state index >= 15 is 0 Å². The van der Waals surface area contributed by atoms with E-state index in [-0.39, 0.29) is 11.6 Å². The number of nitrogens with zero attached hydrogens (tertiary/aromatic N) is 2. The first-order valence-electron chi connectivity index (χ1n) is 4.07. The van der Waals surface area contributed by atoms with Crippen molar-refractivity contribution in [3.63, 3.8) is 0 Å². The molecule has 6 heteroatoms. The molecule has 0 amide bonds. The largest absolute Gasteiger partial charge is 0.476 e. The molecule has 76 valence electrons. The van der Waals surface area contributed by atoms with E-state index in [1.807, 2.05) is 0 Å². The molecule has 0 unspecified atom stereocenters. The van der Waals surface area contributed by atoms with E-state index in [2.05, 4.69) is 9.97 Å².